The summed E-state index contributed by atoms with van der Waals surface area (Å²) >= 11 is 0. The predicted molar refractivity (Wildman–Crippen MR) is 103 cm³/mol. The third-order valence-electron chi connectivity index (χ3n) is 5.49. The Balaban J connectivity index is 1.91. The Kier molecular flexibility index (Phi) is 6.27. The Morgan fingerprint density at radius 3 is 2.43 bits per heavy atom. The lowest BCUT2D eigenvalue weighted by molar-refractivity contribution is 0.158. The Bertz CT molecular complexity index is 510. The van der Waals surface area contributed by atoms with Crippen molar-refractivity contribution in [2.75, 3.05) is 0 Å². The molecular weight excluding hydrogens is 296 g/mol. The second-order valence-electron chi connectivity index (χ2n) is 8.49. The molecule has 0 spiro atoms. The number of allylic oxidation sites excluding steroid dienone is 2. The minimum Gasteiger partial charge on any atom is -0.414 e. The third-order valence-corrected chi connectivity index (χ3v) is 10.0. The first kappa shape index (κ1) is 18.5. The zero-order valence-electron chi connectivity index (χ0n) is 15.7. The average molecular weight is 331 g/mol. The molecule has 0 bridgehead atoms. The molecule has 0 saturated carbocycles. The quantitative estimate of drug-likeness (QED) is 0.451. The SMILES string of the molecule is CC(C)(C)[Si](C)(C)OC1CC/C=C(/Cc2ccccc2)CCC1. The van der Waals surface area contributed by atoms with E-state index >= 15 is 0 Å². The van der Waals surface area contributed by atoms with Crippen molar-refractivity contribution in [1.82, 2.24) is 0 Å². The molecule has 0 aromatic heterocycles. The van der Waals surface area contributed by atoms with Crippen molar-refractivity contribution in [1.29, 1.82) is 0 Å². The molecule has 1 aliphatic carbocycles. The van der Waals surface area contributed by atoms with Crippen molar-refractivity contribution < 1.29 is 4.43 Å². The van der Waals surface area contributed by atoms with Crippen LogP contribution in [0.15, 0.2) is 42.0 Å². The Hall–Kier alpha value is -0.863. The van der Waals surface area contributed by atoms with Gasteiger partial charge in [0.1, 0.15) is 0 Å². The number of hydrogen-bond acceptors (Lipinski definition) is 1. The molecule has 1 atom stereocenters. The largest absolute Gasteiger partial charge is 0.414 e. The Morgan fingerprint density at radius 1 is 1.09 bits per heavy atom. The van der Waals surface area contributed by atoms with Gasteiger partial charge < -0.3 is 4.43 Å². The van der Waals surface area contributed by atoms with Crippen LogP contribution < -0.4 is 0 Å². The maximum atomic E-state index is 6.64. The van der Waals surface area contributed by atoms with Crippen LogP contribution in [0, 0.1) is 0 Å². The first-order valence-corrected chi connectivity index (χ1v) is 12.1. The van der Waals surface area contributed by atoms with Crippen molar-refractivity contribution in [3.63, 3.8) is 0 Å². The standard InChI is InChI=1S/C21H34OSi/c1-21(2,3)23(4,5)22-20-15-9-13-19(14-10-16-20)17-18-11-7-6-8-12-18/h6-8,11-13,20H,9-10,14-17H2,1-5H3/b19-13+. The summed E-state index contributed by atoms with van der Waals surface area (Å²) in [6.07, 6.45) is 10.1. The molecule has 0 radical (unpaired) electrons. The van der Waals surface area contributed by atoms with Crippen LogP contribution in [0.1, 0.15) is 58.4 Å². The predicted octanol–water partition coefficient (Wildman–Crippen LogP) is 6.51. The van der Waals surface area contributed by atoms with E-state index in [-0.39, 0.29) is 0 Å². The molecule has 2 rings (SSSR count). The van der Waals surface area contributed by atoms with Gasteiger partial charge in [0.15, 0.2) is 8.32 Å². The summed E-state index contributed by atoms with van der Waals surface area (Å²) in [6.45, 7) is 11.8. The first-order chi connectivity index (χ1) is 10.8. The molecule has 23 heavy (non-hydrogen) atoms. The maximum absolute atomic E-state index is 6.64. The molecule has 0 amide bonds. The lowest BCUT2D eigenvalue weighted by Crippen LogP contribution is -2.44. The van der Waals surface area contributed by atoms with Crippen LogP contribution in [0.5, 0.6) is 0 Å². The van der Waals surface area contributed by atoms with E-state index in [1.165, 1.54) is 37.7 Å². The number of benzene rings is 1. The van der Waals surface area contributed by atoms with E-state index in [4.69, 9.17) is 4.43 Å². The van der Waals surface area contributed by atoms with E-state index in [1.54, 1.807) is 5.57 Å². The highest BCUT2D eigenvalue weighted by atomic mass is 28.4. The van der Waals surface area contributed by atoms with Gasteiger partial charge in [-0.2, -0.15) is 0 Å². The van der Waals surface area contributed by atoms with Gasteiger partial charge in [0.25, 0.3) is 0 Å². The van der Waals surface area contributed by atoms with Crippen LogP contribution in [0.2, 0.25) is 18.1 Å². The van der Waals surface area contributed by atoms with E-state index in [1.807, 2.05) is 0 Å². The fourth-order valence-electron chi connectivity index (χ4n) is 3.01. The van der Waals surface area contributed by atoms with E-state index in [0.29, 0.717) is 11.1 Å². The van der Waals surface area contributed by atoms with Crippen molar-refractivity contribution in [2.45, 2.75) is 83.5 Å². The minimum atomic E-state index is -1.63. The Morgan fingerprint density at radius 2 is 1.78 bits per heavy atom. The van der Waals surface area contributed by atoms with Crippen molar-refractivity contribution in [3.8, 4) is 0 Å². The highest BCUT2D eigenvalue weighted by Crippen LogP contribution is 2.38. The summed E-state index contributed by atoms with van der Waals surface area (Å²) in [5.74, 6) is 0. The van der Waals surface area contributed by atoms with Crippen molar-refractivity contribution in [3.05, 3.63) is 47.5 Å². The lowest BCUT2D eigenvalue weighted by Gasteiger charge is -2.39. The fourth-order valence-corrected chi connectivity index (χ4v) is 4.43. The molecule has 1 aromatic rings. The highest BCUT2D eigenvalue weighted by molar-refractivity contribution is 6.74. The smallest absolute Gasteiger partial charge is 0.192 e. The maximum Gasteiger partial charge on any atom is 0.192 e. The van der Waals surface area contributed by atoms with Gasteiger partial charge in [-0.3, -0.25) is 0 Å². The van der Waals surface area contributed by atoms with Gasteiger partial charge in [0.05, 0.1) is 0 Å². The van der Waals surface area contributed by atoms with E-state index in [2.05, 4.69) is 70.3 Å². The summed E-state index contributed by atoms with van der Waals surface area (Å²) in [5, 5.41) is 0.309. The summed E-state index contributed by atoms with van der Waals surface area (Å²) in [6, 6.07) is 10.9. The summed E-state index contributed by atoms with van der Waals surface area (Å²) in [4.78, 5) is 0. The van der Waals surface area contributed by atoms with Crippen LogP contribution in [0.3, 0.4) is 0 Å². The van der Waals surface area contributed by atoms with Gasteiger partial charge in [-0.15, -0.1) is 0 Å². The van der Waals surface area contributed by atoms with Gasteiger partial charge in [0.2, 0.25) is 0 Å². The molecule has 2 heteroatoms. The monoisotopic (exact) mass is 330 g/mol. The average Bonchev–Trinajstić information content (AvgIpc) is 2.43. The van der Waals surface area contributed by atoms with Crippen LogP contribution in [-0.2, 0) is 10.8 Å². The van der Waals surface area contributed by atoms with Gasteiger partial charge in [-0.25, -0.2) is 0 Å². The molecule has 1 unspecified atom stereocenters. The molecule has 0 saturated heterocycles. The zero-order valence-corrected chi connectivity index (χ0v) is 16.7. The van der Waals surface area contributed by atoms with Crippen LogP contribution in [0.4, 0.5) is 0 Å². The van der Waals surface area contributed by atoms with E-state index < -0.39 is 8.32 Å². The lowest BCUT2D eigenvalue weighted by atomic mass is 9.94. The molecule has 1 aromatic carbocycles. The second-order valence-corrected chi connectivity index (χ2v) is 13.3. The van der Waals surface area contributed by atoms with Gasteiger partial charge in [0, 0.05) is 6.10 Å². The molecular formula is C21H34OSi. The Labute approximate surface area is 144 Å². The van der Waals surface area contributed by atoms with Gasteiger partial charge in [-0.05, 0) is 62.2 Å². The minimum absolute atomic E-state index is 0.309. The van der Waals surface area contributed by atoms with Crippen LogP contribution in [0.25, 0.3) is 0 Å². The van der Waals surface area contributed by atoms with E-state index in [9.17, 15) is 0 Å². The molecule has 128 valence electrons. The molecule has 1 aliphatic rings. The van der Waals surface area contributed by atoms with Crippen LogP contribution in [-0.4, -0.2) is 14.4 Å². The van der Waals surface area contributed by atoms with E-state index in [0.717, 1.165) is 6.42 Å². The fraction of sp³-hybridized carbons (Fsp3) is 0.619. The zero-order chi connectivity index (χ0) is 16.9. The van der Waals surface area contributed by atoms with Crippen molar-refractivity contribution >= 4 is 8.32 Å². The molecule has 0 heterocycles. The number of rotatable bonds is 4. The normalized spacial score (nSPS) is 22.8. The molecule has 0 fully saturated rings. The highest BCUT2D eigenvalue weighted by Gasteiger charge is 2.38. The van der Waals surface area contributed by atoms with Gasteiger partial charge in [-0.1, -0.05) is 62.8 Å². The summed E-state index contributed by atoms with van der Waals surface area (Å²) < 4.78 is 6.64. The topological polar surface area (TPSA) is 9.23 Å². The van der Waals surface area contributed by atoms with Crippen LogP contribution >= 0.6 is 0 Å². The number of hydrogen-bond donors (Lipinski definition) is 0. The third kappa shape index (κ3) is 5.61. The first-order valence-electron chi connectivity index (χ1n) is 9.17. The summed E-state index contributed by atoms with van der Waals surface area (Å²) in [5.41, 5.74) is 3.05. The molecule has 1 nitrogen and oxygen atoms in total. The molecule has 0 N–H and O–H groups in total. The summed E-state index contributed by atoms with van der Waals surface area (Å²) in [7, 11) is -1.63. The molecule has 0 aliphatic heterocycles. The van der Waals surface area contributed by atoms with Crippen molar-refractivity contribution in [2.24, 2.45) is 0 Å². The second kappa shape index (κ2) is 7.81. The van der Waals surface area contributed by atoms with Gasteiger partial charge >= 0.3 is 0 Å².